The Morgan fingerprint density at radius 2 is 2.13 bits per heavy atom. The van der Waals surface area contributed by atoms with Crippen molar-refractivity contribution in [1.82, 2.24) is 25.0 Å². The maximum Gasteiger partial charge on any atom is 0.244 e. The van der Waals surface area contributed by atoms with E-state index in [0.717, 1.165) is 37.0 Å². The first-order valence-corrected chi connectivity index (χ1v) is 10.5. The van der Waals surface area contributed by atoms with Gasteiger partial charge in [-0.2, -0.15) is 4.98 Å². The highest BCUT2D eigenvalue weighted by Gasteiger charge is 2.31. The Morgan fingerprint density at radius 1 is 1.19 bits per heavy atom. The third kappa shape index (κ3) is 4.17. The van der Waals surface area contributed by atoms with Crippen LogP contribution in [0.25, 0.3) is 22.3 Å². The van der Waals surface area contributed by atoms with Crippen LogP contribution in [0, 0.1) is 0 Å². The molecular formula is C23H25N5O3. The number of methoxy groups -OCH3 is 1. The molecule has 31 heavy (non-hydrogen) atoms. The summed E-state index contributed by atoms with van der Waals surface area (Å²) in [6.45, 7) is 2.84. The van der Waals surface area contributed by atoms with Crippen LogP contribution in [0.3, 0.4) is 0 Å². The highest BCUT2D eigenvalue weighted by molar-refractivity contribution is 5.82. The molecule has 1 aromatic carbocycles. The second-order valence-electron chi connectivity index (χ2n) is 7.67. The van der Waals surface area contributed by atoms with Gasteiger partial charge >= 0.3 is 0 Å². The molecule has 1 saturated heterocycles. The topological polar surface area (TPSA) is 89.3 Å². The average Bonchev–Trinajstić information content (AvgIpc) is 3.55. The molecule has 1 aliphatic heterocycles. The molecule has 8 nitrogen and oxygen atoms in total. The molecule has 1 atom stereocenters. The van der Waals surface area contributed by atoms with E-state index in [4.69, 9.17) is 14.0 Å². The van der Waals surface area contributed by atoms with Gasteiger partial charge in [-0.25, -0.2) is 4.98 Å². The summed E-state index contributed by atoms with van der Waals surface area (Å²) in [5.74, 6) is 1.75. The number of H-pyrrole nitrogens is 1. The third-order valence-corrected chi connectivity index (χ3v) is 5.67. The van der Waals surface area contributed by atoms with Gasteiger partial charge in [0.05, 0.1) is 12.6 Å². The predicted octanol–water partition coefficient (Wildman–Crippen LogP) is 3.98. The van der Waals surface area contributed by atoms with E-state index in [0.29, 0.717) is 30.8 Å². The van der Waals surface area contributed by atoms with Crippen molar-refractivity contribution in [2.45, 2.75) is 25.4 Å². The second-order valence-corrected chi connectivity index (χ2v) is 7.67. The van der Waals surface area contributed by atoms with Gasteiger partial charge in [-0.05, 0) is 37.1 Å². The van der Waals surface area contributed by atoms with E-state index in [1.54, 1.807) is 19.4 Å². The van der Waals surface area contributed by atoms with Crippen LogP contribution in [0.2, 0.25) is 0 Å². The lowest BCUT2D eigenvalue weighted by Crippen LogP contribution is -2.22. The second kappa shape index (κ2) is 8.87. The summed E-state index contributed by atoms with van der Waals surface area (Å²) < 4.78 is 16.2. The molecule has 8 heteroatoms. The number of nitrogens with one attached hydrogen (secondary N) is 1. The Bertz CT molecular complexity index is 1140. The summed E-state index contributed by atoms with van der Waals surface area (Å²) in [7, 11) is 1.64. The van der Waals surface area contributed by atoms with Gasteiger partial charge in [-0.3, -0.25) is 4.90 Å². The Hall–Kier alpha value is -3.23. The summed E-state index contributed by atoms with van der Waals surface area (Å²) in [5.41, 5.74) is 3.25. The molecule has 5 rings (SSSR count). The van der Waals surface area contributed by atoms with Gasteiger partial charge in [0, 0.05) is 48.6 Å². The fraction of sp³-hybridized carbons (Fsp3) is 0.348. The van der Waals surface area contributed by atoms with Crippen LogP contribution < -0.4 is 4.74 Å². The number of aromatic amines is 1. The van der Waals surface area contributed by atoms with E-state index < -0.39 is 0 Å². The van der Waals surface area contributed by atoms with Crippen molar-refractivity contribution in [2.75, 3.05) is 26.9 Å². The molecule has 0 spiro atoms. The molecule has 0 radical (unpaired) electrons. The molecule has 1 aliphatic rings. The first kappa shape index (κ1) is 19.7. The smallest absolute Gasteiger partial charge is 0.244 e. The van der Waals surface area contributed by atoms with Gasteiger partial charge in [0.1, 0.15) is 6.61 Å². The first-order valence-electron chi connectivity index (χ1n) is 10.5. The van der Waals surface area contributed by atoms with Crippen molar-refractivity contribution in [3.63, 3.8) is 0 Å². The van der Waals surface area contributed by atoms with E-state index in [1.807, 2.05) is 12.1 Å². The standard InChI is InChI=1S/C23H25N5O3/c1-29-11-12-30-21-9-8-16(13-25-21)22-26-23(31-27-22)20-7-4-10-28(20)15-17-14-24-19-6-3-2-5-18(17)19/h2-3,5-6,8-9,13-14,20,24H,4,7,10-12,15H2,1H3/t20-/m0/s1. The van der Waals surface area contributed by atoms with Crippen LogP contribution >= 0.6 is 0 Å². The minimum atomic E-state index is 0.125. The minimum Gasteiger partial charge on any atom is -0.475 e. The molecule has 4 heterocycles. The van der Waals surface area contributed by atoms with Gasteiger partial charge in [0.15, 0.2) is 0 Å². The molecule has 0 amide bonds. The number of nitrogens with zero attached hydrogens (tertiary/aromatic N) is 4. The van der Waals surface area contributed by atoms with Crippen LogP contribution in [0.4, 0.5) is 0 Å². The van der Waals surface area contributed by atoms with Gasteiger partial charge in [-0.15, -0.1) is 0 Å². The number of likely N-dealkylation sites (tertiary alicyclic amines) is 1. The molecule has 3 aromatic heterocycles. The zero-order valence-electron chi connectivity index (χ0n) is 17.5. The van der Waals surface area contributed by atoms with Crippen molar-refractivity contribution in [2.24, 2.45) is 0 Å². The zero-order chi connectivity index (χ0) is 21.0. The predicted molar refractivity (Wildman–Crippen MR) is 116 cm³/mol. The van der Waals surface area contributed by atoms with Gasteiger partial charge in [-0.1, -0.05) is 23.4 Å². The highest BCUT2D eigenvalue weighted by Crippen LogP contribution is 2.34. The Labute approximate surface area is 180 Å². The van der Waals surface area contributed by atoms with Crippen molar-refractivity contribution in [1.29, 1.82) is 0 Å². The maximum absolute atomic E-state index is 5.66. The largest absolute Gasteiger partial charge is 0.475 e. The normalized spacial score (nSPS) is 16.9. The Balaban J connectivity index is 1.29. The number of pyridine rings is 1. The monoisotopic (exact) mass is 419 g/mol. The number of aromatic nitrogens is 4. The zero-order valence-corrected chi connectivity index (χ0v) is 17.5. The number of ether oxygens (including phenoxy) is 2. The fourth-order valence-corrected chi connectivity index (χ4v) is 4.09. The molecule has 0 aliphatic carbocycles. The molecule has 0 unspecified atom stereocenters. The van der Waals surface area contributed by atoms with Crippen molar-refractivity contribution >= 4 is 10.9 Å². The number of benzene rings is 1. The number of hydrogen-bond donors (Lipinski definition) is 1. The van der Waals surface area contributed by atoms with Crippen LogP contribution in [0.15, 0.2) is 53.3 Å². The van der Waals surface area contributed by atoms with Gasteiger partial charge in [0.2, 0.25) is 17.6 Å². The third-order valence-electron chi connectivity index (χ3n) is 5.67. The SMILES string of the molecule is COCCOc1ccc(-c2noc([C@@H]3CCCN3Cc3c[nH]c4ccccc34)n2)cn1. The number of rotatable bonds is 8. The summed E-state index contributed by atoms with van der Waals surface area (Å²) in [6.07, 6.45) is 5.92. The fourth-order valence-electron chi connectivity index (χ4n) is 4.09. The molecule has 1 fully saturated rings. The summed E-state index contributed by atoms with van der Waals surface area (Å²) >= 11 is 0. The van der Waals surface area contributed by atoms with Gasteiger partial charge < -0.3 is 19.0 Å². The molecule has 160 valence electrons. The summed E-state index contributed by atoms with van der Waals surface area (Å²) in [4.78, 5) is 14.8. The lowest BCUT2D eigenvalue weighted by molar-refractivity contribution is 0.144. The number of para-hydroxylation sites is 1. The van der Waals surface area contributed by atoms with E-state index in [2.05, 4.69) is 49.4 Å². The highest BCUT2D eigenvalue weighted by atomic mass is 16.5. The number of hydrogen-bond acceptors (Lipinski definition) is 7. The minimum absolute atomic E-state index is 0.125. The van der Waals surface area contributed by atoms with E-state index in [1.165, 1.54) is 10.9 Å². The van der Waals surface area contributed by atoms with E-state index in [-0.39, 0.29) is 6.04 Å². The Kier molecular flexibility index (Phi) is 5.64. The van der Waals surface area contributed by atoms with Crippen molar-refractivity contribution < 1.29 is 14.0 Å². The van der Waals surface area contributed by atoms with Crippen LogP contribution in [-0.4, -0.2) is 51.9 Å². The summed E-state index contributed by atoms with van der Waals surface area (Å²) in [6, 6.07) is 12.2. The van der Waals surface area contributed by atoms with E-state index >= 15 is 0 Å². The van der Waals surface area contributed by atoms with Crippen LogP contribution in [0.5, 0.6) is 5.88 Å². The van der Waals surface area contributed by atoms with Crippen molar-refractivity contribution in [3.8, 4) is 17.3 Å². The van der Waals surface area contributed by atoms with Crippen LogP contribution in [0.1, 0.15) is 30.3 Å². The molecule has 0 saturated carbocycles. The van der Waals surface area contributed by atoms with E-state index in [9.17, 15) is 0 Å². The quantitative estimate of drug-likeness (QED) is 0.432. The molecular weight excluding hydrogens is 394 g/mol. The lowest BCUT2D eigenvalue weighted by atomic mass is 10.1. The molecule has 0 bridgehead atoms. The lowest BCUT2D eigenvalue weighted by Gasteiger charge is -2.21. The summed E-state index contributed by atoms with van der Waals surface area (Å²) in [5, 5.41) is 5.46. The van der Waals surface area contributed by atoms with Crippen molar-refractivity contribution in [3.05, 3.63) is 60.2 Å². The maximum atomic E-state index is 5.66. The molecule has 4 aromatic rings. The first-order chi connectivity index (χ1) is 15.3. The Morgan fingerprint density at radius 3 is 3.00 bits per heavy atom. The number of fused-ring (bicyclic) bond motifs is 1. The average molecular weight is 419 g/mol. The van der Waals surface area contributed by atoms with Gasteiger partial charge in [0.25, 0.3) is 0 Å². The van der Waals surface area contributed by atoms with Crippen LogP contribution in [-0.2, 0) is 11.3 Å². The molecule has 1 N–H and O–H groups in total.